The van der Waals surface area contributed by atoms with Crippen molar-refractivity contribution in [3.8, 4) is 0 Å². The van der Waals surface area contributed by atoms with E-state index in [2.05, 4.69) is 0 Å². The normalized spacial score (nSPS) is 29.5. The molecule has 0 aromatic rings. The van der Waals surface area contributed by atoms with Gasteiger partial charge < -0.3 is 14.5 Å². The molecule has 1 spiro atoms. The van der Waals surface area contributed by atoms with Crippen LogP contribution in [0.4, 0.5) is 8.78 Å². The maximum Gasteiger partial charge on any atom is 0.266 e. The summed E-state index contributed by atoms with van der Waals surface area (Å²) in [7, 11) is 1.54. The van der Waals surface area contributed by atoms with Crippen LogP contribution in [0.1, 0.15) is 32.1 Å². The standard InChI is InChI=1S/C17H24F2N2O3/c1-24-9-8-20-7-6-16(15(20)23)10-17(18,19)12-21(11-16)14(22)13-4-2-3-5-13/h4H,2-3,5-12H2,1H3/t16-/m1/s1. The van der Waals surface area contributed by atoms with Gasteiger partial charge in [0.2, 0.25) is 11.8 Å². The van der Waals surface area contributed by atoms with Crippen molar-refractivity contribution in [3.63, 3.8) is 0 Å². The number of carbonyl (C=O) groups excluding carboxylic acids is 2. The van der Waals surface area contributed by atoms with Crippen molar-refractivity contribution < 1.29 is 23.1 Å². The fraction of sp³-hybridized carbons (Fsp3) is 0.765. The molecule has 2 saturated heterocycles. The summed E-state index contributed by atoms with van der Waals surface area (Å²) in [5, 5.41) is 0. The van der Waals surface area contributed by atoms with E-state index in [9.17, 15) is 18.4 Å². The SMILES string of the molecule is COCCN1CC[C@@]2(CN(C(=O)C3=CCCC3)CC(F)(F)C2)C1=O. The smallest absolute Gasteiger partial charge is 0.266 e. The molecule has 0 N–H and O–H groups in total. The van der Waals surface area contributed by atoms with Crippen molar-refractivity contribution in [2.45, 2.75) is 38.0 Å². The predicted molar refractivity (Wildman–Crippen MR) is 83.6 cm³/mol. The van der Waals surface area contributed by atoms with Crippen LogP contribution >= 0.6 is 0 Å². The van der Waals surface area contributed by atoms with Crippen LogP contribution in [-0.4, -0.2) is 67.4 Å². The molecule has 5 nitrogen and oxygen atoms in total. The molecule has 2 fully saturated rings. The van der Waals surface area contributed by atoms with Crippen LogP contribution in [0.3, 0.4) is 0 Å². The van der Waals surface area contributed by atoms with Crippen LogP contribution in [0, 0.1) is 5.41 Å². The van der Waals surface area contributed by atoms with Gasteiger partial charge in [-0.2, -0.15) is 0 Å². The van der Waals surface area contributed by atoms with E-state index in [0.717, 1.165) is 12.8 Å². The van der Waals surface area contributed by atoms with E-state index >= 15 is 0 Å². The average Bonchev–Trinajstić information content (AvgIpc) is 3.14. The lowest BCUT2D eigenvalue weighted by atomic mass is 9.76. The van der Waals surface area contributed by atoms with Gasteiger partial charge in [0.25, 0.3) is 5.92 Å². The molecule has 0 radical (unpaired) electrons. The summed E-state index contributed by atoms with van der Waals surface area (Å²) >= 11 is 0. The summed E-state index contributed by atoms with van der Waals surface area (Å²) in [4.78, 5) is 28.1. The summed E-state index contributed by atoms with van der Waals surface area (Å²) in [5.41, 5.74) is -0.533. The number of ether oxygens (including phenoxy) is 1. The lowest BCUT2D eigenvalue weighted by Gasteiger charge is -2.43. The molecule has 2 heterocycles. The summed E-state index contributed by atoms with van der Waals surface area (Å²) in [5.74, 6) is -3.62. The van der Waals surface area contributed by atoms with E-state index < -0.39 is 24.3 Å². The molecule has 1 atom stereocenters. The van der Waals surface area contributed by atoms with E-state index in [1.807, 2.05) is 6.08 Å². The average molecular weight is 342 g/mol. The molecule has 0 bridgehead atoms. The number of hydrogen-bond donors (Lipinski definition) is 0. The zero-order valence-electron chi connectivity index (χ0n) is 14.0. The lowest BCUT2D eigenvalue weighted by Crippen LogP contribution is -2.57. The molecule has 3 aliphatic rings. The highest BCUT2D eigenvalue weighted by molar-refractivity contribution is 5.95. The van der Waals surface area contributed by atoms with Crippen molar-refractivity contribution in [3.05, 3.63) is 11.6 Å². The van der Waals surface area contributed by atoms with Crippen LogP contribution in [-0.2, 0) is 14.3 Å². The number of nitrogens with zero attached hydrogens (tertiary/aromatic N) is 2. The molecule has 1 aliphatic carbocycles. The summed E-state index contributed by atoms with van der Waals surface area (Å²) in [6, 6.07) is 0. The van der Waals surface area contributed by atoms with Crippen LogP contribution in [0.2, 0.25) is 0 Å². The van der Waals surface area contributed by atoms with Gasteiger partial charge in [-0.05, 0) is 25.7 Å². The molecule has 0 unspecified atom stereocenters. The fourth-order valence-electron chi connectivity index (χ4n) is 4.14. The number of hydrogen-bond acceptors (Lipinski definition) is 3. The minimum absolute atomic E-state index is 0.0983. The maximum absolute atomic E-state index is 14.3. The minimum Gasteiger partial charge on any atom is -0.383 e. The third-order valence-electron chi connectivity index (χ3n) is 5.28. The first-order valence-corrected chi connectivity index (χ1v) is 8.51. The molecular formula is C17H24F2N2O3. The highest BCUT2D eigenvalue weighted by atomic mass is 19.3. The number of halogens is 2. The first-order chi connectivity index (χ1) is 11.4. The highest BCUT2D eigenvalue weighted by Crippen LogP contribution is 2.46. The quantitative estimate of drug-likeness (QED) is 0.783. The van der Waals surface area contributed by atoms with Gasteiger partial charge in [-0.3, -0.25) is 9.59 Å². The van der Waals surface area contributed by atoms with Crippen molar-refractivity contribution >= 4 is 11.8 Å². The van der Waals surface area contributed by atoms with E-state index in [4.69, 9.17) is 4.74 Å². The van der Waals surface area contributed by atoms with Crippen molar-refractivity contribution in [2.75, 3.05) is 39.9 Å². The van der Waals surface area contributed by atoms with Gasteiger partial charge in [0.05, 0.1) is 18.6 Å². The molecule has 24 heavy (non-hydrogen) atoms. The van der Waals surface area contributed by atoms with E-state index in [0.29, 0.717) is 38.1 Å². The van der Waals surface area contributed by atoms with E-state index in [1.54, 1.807) is 12.0 Å². The Hall–Kier alpha value is -1.50. The Labute approximate surface area is 140 Å². The molecule has 0 saturated carbocycles. The second kappa shape index (κ2) is 6.43. The zero-order chi connectivity index (χ0) is 17.4. The van der Waals surface area contributed by atoms with Crippen molar-refractivity contribution in [2.24, 2.45) is 5.41 Å². The van der Waals surface area contributed by atoms with Crippen LogP contribution in [0.25, 0.3) is 0 Å². The highest BCUT2D eigenvalue weighted by Gasteiger charge is 2.57. The molecule has 2 amide bonds. The molecule has 2 aliphatic heterocycles. The van der Waals surface area contributed by atoms with Crippen molar-refractivity contribution in [1.29, 1.82) is 0 Å². The molecule has 0 aromatic carbocycles. The second-order valence-corrected chi connectivity index (χ2v) is 7.13. The third kappa shape index (κ3) is 3.18. The number of rotatable bonds is 4. The van der Waals surface area contributed by atoms with Gasteiger partial charge in [0.15, 0.2) is 0 Å². The number of carbonyl (C=O) groups is 2. The Bertz CT molecular complexity index is 564. The molecule has 3 rings (SSSR count). The first-order valence-electron chi connectivity index (χ1n) is 8.51. The summed E-state index contributed by atoms with van der Waals surface area (Å²) < 4.78 is 33.7. The number of alkyl halides is 2. The number of piperidine rings is 1. The lowest BCUT2D eigenvalue weighted by molar-refractivity contribution is -0.161. The molecular weight excluding hydrogens is 318 g/mol. The largest absolute Gasteiger partial charge is 0.383 e. The summed E-state index contributed by atoms with van der Waals surface area (Å²) in [6.07, 6.45) is 4.09. The Balaban J connectivity index is 1.78. The topological polar surface area (TPSA) is 49.9 Å². The molecule has 7 heteroatoms. The van der Waals surface area contributed by atoms with Gasteiger partial charge in [-0.25, -0.2) is 8.78 Å². The minimum atomic E-state index is -3.03. The van der Waals surface area contributed by atoms with Gasteiger partial charge in [0.1, 0.15) is 0 Å². The first kappa shape index (κ1) is 17.3. The number of likely N-dealkylation sites (tertiary alicyclic amines) is 2. The zero-order valence-corrected chi connectivity index (χ0v) is 14.0. The molecule has 134 valence electrons. The Morgan fingerprint density at radius 2 is 2.17 bits per heavy atom. The van der Waals surface area contributed by atoms with E-state index in [-0.39, 0.29) is 18.4 Å². The second-order valence-electron chi connectivity index (χ2n) is 7.13. The Morgan fingerprint density at radius 3 is 2.83 bits per heavy atom. The van der Waals surface area contributed by atoms with Gasteiger partial charge >= 0.3 is 0 Å². The number of methoxy groups -OCH3 is 1. The maximum atomic E-state index is 14.3. The fourth-order valence-corrected chi connectivity index (χ4v) is 4.14. The van der Waals surface area contributed by atoms with Crippen LogP contribution in [0.5, 0.6) is 0 Å². The number of allylic oxidation sites excluding steroid dienone is 1. The predicted octanol–water partition coefficient (Wildman–Crippen LogP) is 1.83. The monoisotopic (exact) mass is 342 g/mol. The Kier molecular flexibility index (Phi) is 4.64. The van der Waals surface area contributed by atoms with Crippen LogP contribution in [0.15, 0.2) is 11.6 Å². The van der Waals surface area contributed by atoms with Gasteiger partial charge in [0, 0.05) is 38.7 Å². The van der Waals surface area contributed by atoms with Crippen molar-refractivity contribution in [1.82, 2.24) is 9.80 Å². The Morgan fingerprint density at radius 1 is 1.38 bits per heavy atom. The number of amides is 2. The third-order valence-corrected chi connectivity index (χ3v) is 5.28. The van der Waals surface area contributed by atoms with Gasteiger partial charge in [-0.15, -0.1) is 0 Å². The van der Waals surface area contributed by atoms with Crippen LogP contribution < -0.4 is 0 Å². The van der Waals surface area contributed by atoms with Gasteiger partial charge in [-0.1, -0.05) is 6.08 Å². The molecule has 0 aromatic heterocycles. The summed E-state index contributed by atoms with van der Waals surface area (Å²) in [6.45, 7) is 0.746. The van der Waals surface area contributed by atoms with E-state index in [1.165, 1.54) is 4.90 Å².